The summed E-state index contributed by atoms with van der Waals surface area (Å²) in [5, 5.41) is 0.779. The molecular formula is C9H20N2S. The third-order valence-electron chi connectivity index (χ3n) is 2.50. The summed E-state index contributed by atoms with van der Waals surface area (Å²) in [6.45, 7) is 2.23. The van der Waals surface area contributed by atoms with Crippen LogP contribution in [-0.2, 0) is 0 Å². The first kappa shape index (κ1) is 10.4. The number of nitrogens with two attached hydrogens (primary N) is 1. The Morgan fingerprint density at radius 1 is 1.67 bits per heavy atom. The topological polar surface area (TPSA) is 38.0 Å². The second-order valence-corrected chi connectivity index (χ2v) is 4.81. The molecule has 3 N–H and O–H groups in total. The molecule has 0 bridgehead atoms. The second kappa shape index (κ2) is 5.84. The Bertz CT molecular complexity index is 113. The highest BCUT2D eigenvalue weighted by molar-refractivity contribution is 8.00. The van der Waals surface area contributed by atoms with Crippen LogP contribution in [0.3, 0.4) is 0 Å². The highest BCUT2D eigenvalue weighted by atomic mass is 32.2. The molecule has 0 aromatic rings. The summed E-state index contributed by atoms with van der Waals surface area (Å²) in [5.74, 6) is 6.86. The van der Waals surface area contributed by atoms with Crippen LogP contribution in [0.2, 0.25) is 0 Å². The van der Waals surface area contributed by atoms with Crippen LogP contribution in [0.15, 0.2) is 0 Å². The minimum Gasteiger partial charge on any atom is -0.271 e. The van der Waals surface area contributed by atoms with Crippen molar-refractivity contribution >= 4 is 11.8 Å². The molecule has 0 aliphatic carbocycles. The minimum absolute atomic E-state index is 0.553. The molecule has 0 radical (unpaired) electrons. The van der Waals surface area contributed by atoms with Gasteiger partial charge in [-0.3, -0.25) is 11.3 Å². The fraction of sp³-hybridized carbons (Fsp3) is 1.00. The molecule has 0 aromatic carbocycles. The fourth-order valence-corrected chi connectivity index (χ4v) is 3.14. The number of hydrogen-bond acceptors (Lipinski definition) is 3. The molecule has 1 saturated heterocycles. The molecule has 2 nitrogen and oxygen atoms in total. The molecule has 12 heavy (non-hydrogen) atoms. The Hall–Kier alpha value is 0.270. The zero-order chi connectivity index (χ0) is 8.81. The average Bonchev–Trinajstić information content (AvgIpc) is 2.59. The van der Waals surface area contributed by atoms with E-state index in [-0.39, 0.29) is 0 Å². The average molecular weight is 188 g/mol. The highest BCUT2D eigenvalue weighted by Gasteiger charge is 2.23. The first-order valence-corrected chi connectivity index (χ1v) is 6.01. The van der Waals surface area contributed by atoms with Crippen LogP contribution in [0.4, 0.5) is 0 Å². The lowest BCUT2D eigenvalue weighted by atomic mass is 10.0. The predicted octanol–water partition coefficient (Wildman–Crippen LogP) is 1.90. The van der Waals surface area contributed by atoms with Gasteiger partial charge in [0.1, 0.15) is 0 Å². The lowest BCUT2D eigenvalue weighted by Gasteiger charge is -2.21. The molecule has 0 saturated carbocycles. The molecule has 1 fully saturated rings. The van der Waals surface area contributed by atoms with Crippen LogP contribution < -0.4 is 11.3 Å². The molecule has 1 rings (SSSR count). The molecule has 2 atom stereocenters. The van der Waals surface area contributed by atoms with Gasteiger partial charge < -0.3 is 0 Å². The predicted molar refractivity (Wildman–Crippen MR) is 56.1 cm³/mol. The van der Waals surface area contributed by atoms with E-state index < -0.39 is 0 Å². The standard InChI is InChI=1S/C9H20N2S/c1-2-3-5-8(11-10)9-6-4-7-12-9/h8-9,11H,2-7,10H2,1H3. The van der Waals surface area contributed by atoms with Crippen molar-refractivity contribution in [2.45, 2.75) is 50.3 Å². The summed E-state index contributed by atoms with van der Waals surface area (Å²) in [5.41, 5.74) is 2.96. The number of unbranched alkanes of at least 4 members (excludes halogenated alkanes) is 1. The Kier molecular flexibility index (Phi) is 5.04. The largest absolute Gasteiger partial charge is 0.271 e. The van der Waals surface area contributed by atoms with Crippen molar-refractivity contribution < 1.29 is 0 Å². The van der Waals surface area contributed by atoms with Gasteiger partial charge in [-0.25, -0.2) is 0 Å². The van der Waals surface area contributed by atoms with Gasteiger partial charge in [0, 0.05) is 11.3 Å². The van der Waals surface area contributed by atoms with Crippen molar-refractivity contribution in [3.63, 3.8) is 0 Å². The van der Waals surface area contributed by atoms with Crippen molar-refractivity contribution in [1.82, 2.24) is 5.43 Å². The zero-order valence-electron chi connectivity index (χ0n) is 7.88. The number of rotatable bonds is 5. The maximum absolute atomic E-state index is 5.53. The Morgan fingerprint density at radius 3 is 3.00 bits per heavy atom. The number of nitrogens with one attached hydrogen (secondary N) is 1. The first-order chi connectivity index (χ1) is 5.88. The zero-order valence-corrected chi connectivity index (χ0v) is 8.70. The van der Waals surface area contributed by atoms with E-state index in [2.05, 4.69) is 24.1 Å². The van der Waals surface area contributed by atoms with E-state index in [1.807, 2.05) is 0 Å². The molecular weight excluding hydrogens is 168 g/mol. The van der Waals surface area contributed by atoms with Crippen LogP contribution in [0.25, 0.3) is 0 Å². The molecule has 0 spiro atoms. The molecule has 72 valence electrons. The van der Waals surface area contributed by atoms with Gasteiger partial charge in [-0.05, 0) is 25.0 Å². The first-order valence-electron chi connectivity index (χ1n) is 4.96. The van der Waals surface area contributed by atoms with E-state index in [1.165, 1.54) is 37.9 Å². The SMILES string of the molecule is CCCCC(NN)C1CCCS1. The van der Waals surface area contributed by atoms with E-state index in [0.29, 0.717) is 6.04 Å². The van der Waals surface area contributed by atoms with E-state index in [9.17, 15) is 0 Å². The normalized spacial score (nSPS) is 26.0. The summed E-state index contributed by atoms with van der Waals surface area (Å²) in [6, 6.07) is 0.553. The third-order valence-corrected chi connectivity index (χ3v) is 4.01. The number of hydrogen-bond donors (Lipinski definition) is 2. The molecule has 1 aliphatic heterocycles. The summed E-state index contributed by atoms with van der Waals surface area (Å²) in [4.78, 5) is 0. The van der Waals surface area contributed by atoms with Gasteiger partial charge in [-0.2, -0.15) is 11.8 Å². The van der Waals surface area contributed by atoms with Crippen molar-refractivity contribution in [3.8, 4) is 0 Å². The van der Waals surface area contributed by atoms with Crippen LogP contribution in [0, 0.1) is 0 Å². The lowest BCUT2D eigenvalue weighted by Crippen LogP contribution is -2.41. The molecule has 2 unspecified atom stereocenters. The van der Waals surface area contributed by atoms with Gasteiger partial charge in [-0.1, -0.05) is 19.8 Å². The maximum Gasteiger partial charge on any atom is 0.0329 e. The van der Waals surface area contributed by atoms with E-state index in [4.69, 9.17) is 5.84 Å². The molecule has 1 heterocycles. The Labute approximate surface area is 79.6 Å². The highest BCUT2D eigenvalue weighted by Crippen LogP contribution is 2.30. The van der Waals surface area contributed by atoms with E-state index in [0.717, 1.165) is 5.25 Å². The van der Waals surface area contributed by atoms with Gasteiger partial charge in [0.2, 0.25) is 0 Å². The monoisotopic (exact) mass is 188 g/mol. The number of thioether (sulfide) groups is 1. The third kappa shape index (κ3) is 2.96. The number of hydrazine groups is 1. The van der Waals surface area contributed by atoms with Crippen molar-refractivity contribution in [2.75, 3.05) is 5.75 Å². The van der Waals surface area contributed by atoms with Crippen LogP contribution >= 0.6 is 11.8 Å². The van der Waals surface area contributed by atoms with E-state index in [1.54, 1.807) is 0 Å². The maximum atomic E-state index is 5.53. The van der Waals surface area contributed by atoms with Crippen molar-refractivity contribution in [3.05, 3.63) is 0 Å². The summed E-state index contributed by atoms with van der Waals surface area (Å²) < 4.78 is 0. The summed E-state index contributed by atoms with van der Waals surface area (Å²) in [7, 11) is 0. The minimum atomic E-state index is 0.553. The fourth-order valence-electron chi connectivity index (χ4n) is 1.72. The van der Waals surface area contributed by atoms with Gasteiger partial charge in [-0.15, -0.1) is 0 Å². The van der Waals surface area contributed by atoms with Crippen LogP contribution in [-0.4, -0.2) is 17.0 Å². The van der Waals surface area contributed by atoms with Crippen LogP contribution in [0.1, 0.15) is 39.0 Å². The van der Waals surface area contributed by atoms with E-state index >= 15 is 0 Å². The van der Waals surface area contributed by atoms with Gasteiger partial charge >= 0.3 is 0 Å². The molecule has 1 aliphatic rings. The second-order valence-electron chi connectivity index (χ2n) is 3.47. The Morgan fingerprint density at radius 2 is 2.50 bits per heavy atom. The quantitative estimate of drug-likeness (QED) is 0.511. The van der Waals surface area contributed by atoms with Crippen molar-refractivity contribution in [1.29, 1.82) is 0 Å². The Balaban J connectivity index is 2.22. The molecule has 0 aromatic heterocycles. The van der Waals surface area contributed by atoms with Crippen molar-refractivity contribution in [2.24, 2.45) is 5.84 Å². The smallest absolute Gasteiger partial charge is 0.0329 e. The summed E-state index contributed by atoms with van der Waals surface area (Å²) >= 11 is 2.08. The lowest BCUT2D eigenvalue weighted by molar-refractivity contribution is 0.454. The van der Waals surface area contributed by atoms with Gasteiger partial charge in [0.25, 0.3) is 0 Å². The molecule has 3 heteroatoms. The molecule has 0 amide bonds. The van der Waals surface area contributed by atoms with Crippen LogP contribution in [0.5, 0.6) is 0 Å². The van der Waals surface area contributed by atoms with Gasteiger partial charge in [0.05, 0.1) is 0 Å². The van der Waals surface area contributed by atoms with Gasteiger partial charge in [0.15, 0.2) is 0 Å². The summed E-state index contributed by atoms with van der Waals surface area (Å²) in [6.07, 6.45) is 6.54.